The predicted octanol–water partition coefficient (Wildman–Crippen LogP) is 2.10. The third kappa shape index (κ3) is 8.00. The number of aromatic nitrogens is 4. The van der Waals surface area contributed by atoms with Crippen LogP contribution in [0.15, 0.2) is 58.6 Å². The Bertz CT molecular complexity index is 1810. The number of aliphatic hydroxyl groups excluding tert-OH is 1. The molecule has 4 aromatic rings. The van der Waals surface area contributed by atoms with E-state index >= 15 is 4.39 Å². The number of aryl methyl sites for hydroxylation is 1. The van der Waals surface area contributed by atoms with Gasteiger partial charge in [-0.3, -0.25) is 9.36 Å². The molecule has 2 aliphatic rings. The zero-order valence-electron chi connectivity index (χ0n) is 27.6. The molecule has 0 spiro atoms. The Morgan fingerprint density at radius 3 is 2.48 bits per heavy atom. The third-order valence-electron chi connectivity index (χ3n) is 9.13. The minimum absolute atomic E-state index is 0. The van der Waals surface area contributed by atoms with Gasteiger partial charge in [0.05, 0.1) is 23.5 Å². The fourth-order valence-corrected chi connectivity index (χ4v) is 6.36. The molecule has 2 aromatic carbocycles. The molecule has 13 heteroatoms. The van der Waals surface area contributed by atoms with E-state index in [0.717, 1.165) is 25.0 Å². The van der Waals surface area contributed by atoms with Crippen molar-refractivity contribution in [2.24, 2.45) is 4.99 Å². The van der Waals surface area contributed by atoms with Gasteiger partial charge in [0.2, 0.25) is 5.78 Å². The van der Waals surface area contributed by atoms with Crippen LogP contribution >= 0.6 is 0 Å². The van der Waals surface area contributed by atoms with Crippen molar-refractivity contribution < 1.29 is 75.6 Å². The van der Waals surface area contributed by atoms with Gasteiger partial charge in [-0.25, -0.2) is 24.2 Å². The number of nitrogens with one attached hydrogen (secondary N) is 1. The number of amidine groups is 1. The summed E-state index contributed by atoms with van der Waals surface area (Å²) in [5.41, 5.74) is 5.15. The molecule has 2 aromatic heterocycles. The van der Waals surface area contributed by atoms with E-state index in [9.17, 15) is 15.0 Å². The molecule has 11 nitrogen and oxygen atoms in total. The van der Waals surface area contributed by atoms with Gasteiger partial charge in [-0.1, -0.05) is 57.2 Å². The van der Waals surface area contributed by atoms with Gasteiger partial charge in [-0.2, -0.15) is 10.1 Å². The second-order valence-corrected chi connectivity index (χ2v) is 12.7. The molecule has 1 aliphatic heterocycles. The average molecular weight is 688 g/mol. The molecule has 0 radical (unpaired) electrons. The van der Waals surface area contributed by atoms with Crippen LogP contribution < -0.4 is 62.4 Å². The first-order valence-electron chi connectivity index (χ1n) is 15.9. The van der Waals surface area contributed by atoms with Crippen LogP contribution in [0.2, 0.25) is 0 Å². The van der Waals surface area contributed by atoms with E-state index in [1.54, 1.807) is 29.0 Å². The van der Waals surface area contributed by atoms with Gasteiger partial charge in [0.1, 0.15) is 12.1 Å². The summed E-state index contributed by atoms with van der Waals surface area (Å²) in [5.74, 6) is 0.415. The Hall–Kier alpha value is -2.33. The average Bonchev–Trinajstić information content (AvgIpc) is 3.69. The van der Waals surface area contributed by atoms with Crippen molar-refractivity contribution in [2.45, 2.75) is 110 Å². The first kappa shape index (κ1) is 38.5. The summed E-state index contributed by atoms with van der Waals surface area (Å²) in [4.78, 5) is 27.8. The number of rotatable bonds is 10. The van der Waals surface area contributed by atoms with Crippen LogP contribution in [0.4, 0.5) is 4.39 Å². The number of fused-ring (bicyclic) bond motifs is 1. The van der Waals surface area contributed by atoms with E-state index in [1.807, 2.05) is 44.2 Å². The smallest absolute Gasteiger partial charge is 0.388 e. The van der Waals surface area contributed by atoms with Gasteiger partial charge in [-0.05, 0) is 75.6 Å². The van der Waals surface area contributed by atoms with E-state index in [1.165, 1.54) is 12.4 Å². The maximum Gasteiger partial charge on any atom is 1.00 e. The van der Waals surface area contributed by atoms with Crippen molar-refractivity contribution in [1.29, 1.82) is 0 Å². The van der Waals surface area contributed by atoms with Crippen molar-refractivity contribution in [1.82, 2.24) is 24.6 Å². The predicted molar refractivity (Wildman–Crippen MR) is 178 cm³/mol. The van der Waals surface area contributed by atoms with Crippen molar-refractivity contribution in [3.05, 3.63) is 87.3 Å². The quantitative estimate of drug-likeness (QED) is 0.216. The fraction of sp³-hybridized carbons (Fsp3) is 0.486. The number of hydrogen-bond acceptors (Lipinski definition) is 9. The van der Waals surface area contributed by atoms with Crippen molar-refractivity contribution in [3.63, 3.8) is 0 Å². The summed E-state index contributed by atoms with van der Waals surface area (Å²) in [6.45, 7) is 7.39. The molecule has 3 heterocycles. The van der Waals surface area contributed by atoms with Crippen molar-refractivity contribution in [2.75, 3.05) is 0 Å². The van der Waals surface area contributed by atoms with E-state index < -0.39 is 17.8 Å². The number of ether oxygens (including phenoxy) is 1. The van der Waals surface area contributed by atoms with Gasteiger partial charge < -0.3 is 14.9 Å². The van der Waals surface area contributed by atoms with Crippen LogP contribution in [0, 0.1) is 5.82 Å². The minimum Gasteiger partial charge on any atom is -0.388 e. The molecule has 1 saturated carbocycles. The molecule has 0 amide bonds. The number of benzene rings is 2. The number of nitrogens with zero attached hydrogens (tertiary/aromatic N) is 5. The van der Waals surface area contributed by atoms with Crippen LogP contribution in [0.1, 0.15) is 95.7 Å². The molecule has 1 aliphatic carbocycles. The van der Waals surface area contributed by atoms with Crippen LogP contribution in [0.3, 0.4) is 0 Å². The Balaban J connectivity index is 0.00000260. The molecule has 1 fully saturated rings. The molecule has 48 heavy (non-hydrogen) atoms. The summed E-state index contributed by atoms with van der Waals surface area (Å²) in [6.07, 6.45) is 4.23. The summed E-state index contributed by atoms with van der Waals surface area (Å²) in [5, 5.41) is 24.5. The van der Waals surface area contributed by atoms with E-state index in [4.69, 9.17) is 9.57 Å². The van der Waals surface area contributed by atoms with Crippen LogP contribution in [0.25, 0.3) is 16.9 Å². The Morgan fingerprint density at radius 2 is 1.85 bits per heavy atom. The van der Waals surface area contributed by atoms with E-state index in [-0.39, 0.29) is 89.0 Å². The van der Waals surface area contributed by atoms with Gasteiger partial charge in [0.25, 0.3) is 12.0 Å². The standard InChI is InChI=1S/C34H41FN6O5.CH4.K/c1-5-8-29-27(17-22-12-11-21(18-28(22)35)25-9-6-7-10-26(25)30-38-33(43)46-39-30)31(42)40(32-36-19-37-41(29)32)23-13-15-24(16-14-23)45-20(2)34(3,4)44;;/h6-7,9-12,18-20,23-24,33,43-44H,5,8,13-17H2,1-4H3,(H,38,39);1H4;/q;;+1. The zero-order valence-corrected chi connectivity index (χ0v) is 30.7. The van der Waals surface area contributed by atoms with Gasteiger partial charge in [0, 0.05) is 23.6 Å². The normalized spacial score (nSPS) is 20.1. The first-order valence-corrected chi connectivity index (χ1v) is 15.9. The minimum atomic E-state index is -1.31. The van der Waals surface area contributed by atoms with Crippen LogP contribution in [-0.2, 0) is 22.4 Å². The Labute approximate surface area is 323 Å². The Morgan fingerprint density at radius 1 is 1.15 bits per heavy atom. The van der Waals surface area contributed by atoms with E-state index in [2.05, 4.69) is 20.6 Å². The molecule has 2 atom stereocenters. The van der Waals surface area contributed by atoms with Gasteiger partial charge >= 0.3 is 51.4 Å². The van der Waals surface area contributed by atoms with Crippen LogP contribution in [-0.4, -0.2) is 59.4 Å². The van der Waals surface area contributed by atoms with Gasteiger partial charge in [0.15, 0.2) is 5.84 Å². The molecule has 6 rings (SSSR count). The maximum absolute atomic E-state index is 15.9. The number of halogens is 1. The van der Waals surface area contributed by atoms with Crippen LogP contribution in [0.5, 0.6) is 0 Å². The molecule has 3 N–H and O–H groups in total. The topological polar surface area (TPSA) is 136 Å². The molecule has 2 unspecified atom stereocenters. The third-order valence-corrected chi connectivity index (χ3v) is 9.13. The zero-order chi connectivity index (χ0) is 32.6. The second kappa shape index (κ2) is 16.1. The SMILES string of the molecule is C.CCCc1c(Cc2ccc(-c3ccccc3C3=NC(O)ON3)cc2F)c(=O)n(C2CCC(OC(C)C(C)(C)O)CC2)c2ncnn12.[K+]. The summed E-state index contributed by atoms with van der Waals surface area (Å²) in [7, 11) is 0. The van der Waals surface area contributed by atoms with Crippen molar-refractivity contribution in [3.8, 4) is 11.1 Å². The van der Waals surface area contributed by atoms with Gasteiger partial charge in [-0.15, -0.1) is 0 Å². The molecule has 252 valence electrons. The summed E-state index contributed by atoms with van der Waals surface area (Å²) < 4.78 is 25.5. The molecule has 0 saturated heterocycles. The first-order chi connectivity index (χ1) is 22.0. The number of aliphatic hydroxyl groups is 2. The second-order valence-electron chi connectivity index (χ2n) is 12.7. The fourth-order valence-electron chi connectivity index (χ4n) is 6.36. The summed E-state index contributed by atoms with van der Waals surface area (Å²) in [6, 6.07) is 12.2. The molecule has 0 bridgehead atoms. The largest absolute Gasteiger partial charge is 1.00 e. The number of hydroxylamine groups is 1. The Kier molecular flexibility index (Phi) is 12.9. The number of aliphatic imine (C=N–C) groups is 1. The molecular formula is C35H45FKN6O5+. The van der Waals surface area contributed by atoms with Crippen molar-refractivity contribution >= 4 is 11.6 Å². The molecular weight excluding hydrogens is 643 g/mol. The van der Waals surface area contributed by atoms with E-state index in [0.29, 0.717) is 58.7 Å². The summed E-state index contributed by atoms with van der Waals surface area (Å²) >= 11 is 0. The maximum atomic E-state index is 15.9. The monoisotopic (exact) mass is 687 g/mol. The number of hydrogen-bond donors (Lipinski definition) is 3.